The van der Waals surface area contributed by atoms with E-state index >= 15 is 0 Å². The average Bonchev–Trinajstić information content (AvgIpc) is 3.41. The first kappa shape index (κ1) is 19.2. The number of amides is 2. The first-order chi connectivity index (χ1) is 13.4. The molecule has 8 nitrogen and oxygen atoms in total. The van der Waals surface area contributed by atoms with Gasteiger partial charge in [0.1, 0.15) is 5.54 Å². The Bertz CT molecular complexity index is 910. The van der Waals surface area contributed by atoms with Crippen molar-refractivity contribution in [1.29, 1.82) is 5.26 Å². The van der Waals surface area contributed by atoms with Crippen LogP contribution in [-0.4, -0.2) is 29.9 Å². The van der Waals surface area contributed by atoms with Crippen LogP contribution in [0.2, 0.25) is 0 Å². The Hall–Kier alpha value is -3.60. The molecule has 28 heavy (non-hydrogen) atoms. The lowest BCUT2D eigenvalue weighted by Gasteiger charge is -2.22. The first-order valence-corrected chi connectivity index (χ1v) is 8.75. The SMILES string of the molecule is C[C@](C#N)(NC(=O)COC(=O)c1ccc(NC(=O)c2ccco2)cc1)C1CC1. The van der Waals surface area contributed by atoms with Gasteiger partial charge in [-0.1, -0.05) is 0 Å². The number of ether oxygens (including phenoxy) is 1. The summed E-state index contributed by atoms with van der Waals surface area (Å²) in [4.78, 5) is 36.0. The van der Waals surface area contributed by atoms with Crippen LogP contribution in [0.15, 0.2) is 47.1 Å². The summed E-state index contributed by atoms with van der Waals surface area (Å²) in [6.07, 6.45) is 3.19. The maximum atomic E-state index is 12.1. The summed E-state index contributed by atoms with van der Waals surface area (Å²) in [5.74, 6) is -1.30. The van der Waals surface area contributed by atoms with E-state index < -0.39 is 29.9 Å². The molecule has 1 saturated carbocycles. The van der Waals surface area contributed by atoms with Gasteiger partial charge in [-0.15, -0.1) is 0 Å². The van der Waals surface area contributed by atoms with Gasteiger partial charge in [0.05, 0.1) is 17.9 Å². The quantitative estimate of drug-likeness (QED) is 0.711. The van der Waals surface area contributed by atoms with Gasteiger partial charge in [0, 0.05) is 5.69 Å². The maximum Gasteiger partial charge on any atom is 0.338 e. The molecule has 0 spiro atoms. The number of anilines is 1. The second-order valence-electron chi connectivity index (χ2n) is 6.72. The highest BCUT2D eigenvalue weighted by Gasteiger charge is 2.43. The summed E-state index contributed by atoms with van der Waals surface area (Å²) >= 11 is 0. The molecule has 1 aliphatic carbocycles. The molecule has 0 bridgehead atoms. The third kappa shape index (κ3) is 4.57. The molecule has 0 saturated heterocycles. The minimum absolute atomic E-state index is 0.140. The van der Waals surface area contributed by atoms with E-state index in [4.69, 9.17) is 9.15 Å². The van der Waals surface area contributed by atoms with E-state index in [-0.39, 0.29) is 17.2 Å². The zero-order valence-electron chi connectivity index (χ0n) is 15.2. The molecule has 0 aliphatic heterocycles. The van der Waals surface area contributed by atoms with E-state index in [0.29, 0.717) is 5.69 Å². The van der Waals surface area contributed by atoms with Crippen molar-refractivity contribution in [3.05, 3.63) is 54.0 Å². The molecule has 1 aliphatic rings. The summed E-state index contributed by atoms with van der Waals surface area (Å²) in [6.45, 7) is 1.19. The van der Waals surface area contributed by atoms with Gasteiger partial charge in [0.15, 0.2) is 12.4 Å². The number of hydrogen-bond donors (Lipinski definition) is 2. The number of nitrogens with one attached hydrogen (secondary N) is 2. The third-order valence-corrected chi connectivity index (χ3v) is 4.48. The maximum absolute atomic E-state index is 12.1. The van der Waals surface area contributed by atoms with Crippen molar-refractivity contribution in [1.82, 2.24) is 5.32 Å². The monoisotopic (exact) mass is 381 g/mol. The minimum Gasteiger partial charge on any atom is -0.459 e. The fourth-order valence-electron chi connectivity index (χ4n) is 2.71. The van der Waals surface area contributed by atoms with Gasteiger partial charge >= 0.3 is 5.97 Å². The number of nitrogens with zero attached hydrogens (tertiary/aromatic N) is 1. The Balaban J connectivity index is 1.50. The molecule has 1 aromatic carbocycles. The third-order valence-electron chi connectivity index (χ3n) is 4.48. The van der Waals surface area contributed by atoms with Crippen LogP contribution < -0.4 is 10.6 Å². The highest BCUT2D eigenvalue weighted by Crippen LogP contribution is 2.39. The number of rotatable bonds is 7. The Labute approximate surface area is 161 Å². The van der Waals surface area contributed by atoms with Crippen LogP contribution in [0.25, 0.3) is 0 Å². The molecule has 2 aromatic rings. The lowest BCUT2D eigenvalue weighted by Crippen LogP contribution is -2.48. The van der Waals surface area contributed by atoms with Gasteiger partial charge in [0.25, 0.3) is 11.8 Å². The number of carbonyl (C=O) groups is 3. The fraction of sp³-hybridized carbons (Fsp3) is 0.300. The second-order valence-corrected chi connectivity index (χ2v) is 6.72. The van der Waals surface area contributed by atoms with Crippen LogP contribution >= 0.6 is 0 Å². The molecular weight excluding hydrogens is 362 g/mol. The van der Waals surface area contributed by atoms with Gasteiger partial charge in [-0.2, -0.15) is 5.26 Å². The summed E-state index contributed by atoms with van der Waals surface area (Å²) in [6, 6.07) is 11.3. The number of hydrogen-bond acceptors (Lipinski definition) is 6. The van der Waals surface area contributed by atoms with Gasteiger partial charge in [-0.3, -0.25) is 9.59 Å². The van der Waals surface area contributed by atoms with E-state index in [1.165, 1.54) is 36.6 Å². The molecule has 2 amide bonds. The fourth-order valence-corrected chi connectivity index (χ4v) is 2.71. The van der Waals surface area contributed by atoms with Crippen molar-refractivity contribution < 1.29 is 23.5 Å². The van der Waals surface area contributed by atoms with Gasteiger partial charge in [-0.25, -0.2) is 4.79 Å². The van der Waals surface area contributed by atoms with Crippen molar-refractivity contribution >= 4 is 23.5 Å². The van der Waals surface area contributed by atoms with E-state index in [9.17, 15) is 19.6 Å². The van der Waals surface area contributed by atoms with Crippen molar-refractivity contribution in [3.8, 4) is 6.07 Å². The molecule has 3 rings (SSSR count). The van der Waals surface area contributed by atoms with E-state index in [2.05, 4.69) is 16.7 Å². The average molecular weight is 381 g/mol. The lowest BCUT2D eigenvalue weighted by atomic mass is 9.98. The number of benzene rings is 1. The number of furan rings is 1. The highest BCUT2D eigenvalue weighted by molar-refractivity contribution is 6.02. The minimum atomic E-state index is -0.933. The highest BCUT2D eigenvalue weighted by atomic mass is 16.5. The van der Waals surface area contributed by atoms with Gasteiger partial charge in [-0.05, 0) is 62.1 Å². The summed E-state index contributed by atoms with van der Waals surface area (Å²) in [5.41, 5.74) is -0.226. The summed E-state index contributed by atoms with van der Waals surface area (Å²) in [5, 5.41) is 14.5. The van der Waals surface area contributed by atoms with Crippen molar-refractivity contribution in [2.75, 3.05) is 11.9 Å². The first-order valence-electron chi connectivity index (χ1n) is 8.75. The van der Waals surface area contributed by atoms with Crippen LogP contribution in [0.3, 0.4) is 0 Å². The van der Waals surface area contributed by atoms with E-state index in [1.54, 1.807) is 13.0 Å². The smallest absolute Gasteiger partial charge is 0.338 e. The van der Waals surface area contributed by atoms with E-state index in [1.807, 2.05) is 0 Å². The number of carbonyl (C=O) groups excluding carboxylic acids is 3. The molecule has 1 fully saturated rings. The topological polar surface area (TPSA) is 121 Å². The Morgan fingerprint density at radius 2 is 1.96 bits per heavy atom. The van der Waals surface area contributed by atoms with Crippen LogP contribution in [0.1, 0.15) is 40.7 Å². The van der Waals surface area contributed by atoms with Gasteiger partial charge < -0.3 is 19.8 Å². The largest absolute Gasteiger partial charge is 0.459 e. The second kappa shape index (κ2) is 7.96. The number of esters is 1. The Morgan fingerprint density at radius 3 is 2.54 bits per heavy atom. The van der Waals surface area contributed by atoms with Crippen molar-refractivity contribution in [2.45, 2.75) is 25.3 Å². The van der Waals surface area contributed by atoms with Crippen LogP contribution in [-0.2, 0) is 9.53 Å². The molecule has 8 heteroatoms. The molecule has 144 valence electrons. The zero-order valence-corrected chi connectivity index (χ0v) is 15.2. The molecule has 0 radical (unpaired) electrons. The van der Waals surface area contributed by atoms with Crippen LogP contribution in [0.5, 0.6) is 0 Å². The molecule has 1 aromatic heterocycles. The normalized spacial score (nSPS) is 15.0. The molecule has 2 N–H and O–H groups in total. The Kier molecular flexibility index (Phi) is 5.45. The Morgan fingerprint density at radius 1 is 1.25 bits per heavy atom. The van der Waals surface area contributed by atoms with E-state index in [0.717, 1.165) is 12.8 Å². The zero-order chi connectivity index (χ0) is 20.1. The lowest BCUT2D eigenvalue weighted by molar-refractivity contribution is -0.125. The molecule has 0 unspecified atom stereocenters. The summed E-state index contributed by atoms with van der Waals surface area (Å²) in [7, 11) is 0. The standard InChI is InChI=1S/C20H19N3O5/c1-20(12-21,14-6-7-14)23-17(24)11-28-19(26)13-4-8-15(9-5-13)22-18(25)16-3-2-10-27-16/h2-5,8-10,14H,6-7,11H2,1H3,(H,22,25)(H,23,24)/t20-/m1/s1. The predicted molar refractivity (Wildman–Crippen MR) is 98.3 cm³/mol. The molecule has 1 heterocycles. The van der Waals surface area contributed by atoms with Crippen LogP contribution in [0.4, 0.5) is 5.69 Å². The molecule has 1 atom stereocenters. The van der Waals surface area contributed by atoms with Crippen molar-refractivity contribution in [2.24, 2.45) is 5.92 Å². The van der Waals surface area contributed by atoms with Crippen molar-refractivity contribution in [3.63, 3.8) is 0 Å². The van der Waals surface area contributed by atoms with Crippen LogP contribution in [0, 0.1) is 17.2 Å². The molecular formula is C20H19N3O5. The predicted octanol–water partition coefficient (Wildman–Crippen LogP) is 2.50. The van der Waals surface area contributed by atoms with Gasteiger partial charge in [0.2, 0.25) is 0 Å². The number of nitriles is 1. The summed E-state index contributed by atoms with van der Waals surface area (Å²) < 4.78 is 10.00.